The van der Waals surface area contributed by atoms with Gasteiger partial charge in [0, 0.05) is 26.2 Å². The molecule has 2 aromatic rings. The van der Waals surface area contributed by atoms with E-state index >= 15 is 0 Å². The first-order valence-electron chi connectivity index (χ1n) is 11.1. The molecule has 1 heterocycles. The third kappa shape index (κ3) is 5.37. The lowest BCUT2D eigenvalue weighted by molar-refractivity contribution is -0.137. The van der Waals surface area contributed by atoms with Gasteiger partial charge in [0.15, 0.2) is 0 Å². The Morgan fingerprint density at radius 2 is 1.66 bits per heavy atom. The summed E-state index contributed by atoms with van der Waals surface area (Å²) in [6.07, 6.45) is 0.717. The number of hydrogen-bond acceptors (Lipinski definition) is 5. The monoisotopic (exact) mass is 436 g/mol. The highest BCUT2D eigenvalue weighted by Gasteiger charge is 2.41. The molecule has 6 nitrogen and oxygen atoms in total. The normalized spacial score (nSPS) is 14.0. The molecule has 0 aromatic heterocycles. The average Bonchev–Trinajstić information content (AvgIpc) is 3.05. The topological polar surface area (TPSA) is 59.1 Å². The Morgan fingerprint density at radius 3 is 2.25 bits per heavy atom. The van der Waals surface area contributed by atoms with Crippen LogP contribution in [0.15, 0.2) is 60.3 Å². The van der Waals surface area contributed by atoms with Crippen LogP contribution in [0.4, 0.5) is 0 Å². The van der Waals surface area contributed by atoms with E-state index in [0.717, 1.165) is 5.56 Å². The molecule has 0 aliphatic carbocycles. The van der Waals surface area contributed by atoms with Crippen molar-refractivity contribution in [3.05, 3.63) is 71.4 Å². The van der Waals surface area contributed by atoms with Crippen LogP contribution in [0, 0.1) is 0 Å². The molecule has 0 N–H and O–H groups in total. The second kappa shape index (κ2) is 11.0. The van der Waals surface area contributed by atoms with E-state index in [4.69, 9.17) is 9.47 Å². The summed E-state index contributed by atoms with van der Waals surface area (Å²) in [5.74, 6) is 0.196. The Morgan fingerprint density at radius 1 is 0.969 bits per heavy atom. The van der Waals surface area contributed by atoms with Crippen LogP contribution in [-0.4, -0.2) is 54.5 Å². The van der Waals surface area contributed by atoms with E-state index < -0.39 is 0 Å². The Hall–Kier alpha value is -3.12. The van der Waals surface area contributed by atoms with Gasteiger partial charge >= 0.3 is 0 Å². The highest BCUT2D eigenvalue weighted by atomic mass is 16.5. The Labute approximate surface area is 190 Å². The SMILES string of the molecule is CCN(Cc1ccccc1)C1=C(c2ccc(OC)cc2)C(=O)N(CCCOC(C)C)C1=O. The van der Waals surface area contributed by atoms with Gasteiger partial charge in [-0.2, -0.15) is 0 Å². The highest BCUT2D eigenvalue weighted by molar-refractivity contribution is 6.35. The van der Waals surface area contributed by atoms with Crippen molar-refractivity contribution in [2.75, 3.05) is 26.8 Å². The Kier molecular flexibility index (Phi) is 8.06. The van der Waals surface area contributed by atoms with Crippen molar-refractivity contribution < 1.29 is 19.1 Å². The van der Waals surface area contributed by atoms with Crippen molar-refractivity contribution >= 4 is 17.4 Å². The first kappa shape index (κ1) is 23.5. The largest absolute Gasteiger partial charge is 0.497 e. The predicted octanol–water partition coefficient (Wildman–Crippen LogP) is 4.11. The fraction of sp³-hybridized carbons (Fsp3) is 0.385. The summed E-state index contributed by atoms with van der Waals surface area (Å²) in [6.45, 7) is 7.92. The van der Waals surface area contributed by atoms with E-state index in [2.05, 4.69) is 0 Å². The van der Waals surface area contributed by atoms with Crippen LogP contribution >= 0.6 is 0 Å². The Balaban J connectivity index is 1.94. The maximum absolute atomic E-state index is 13.5. The molecule has 0 saturated heterocycles. The molecule has 0 radical (unpaired) electrons. The van der Waals surface area contributed by atoms with Crippen molar-refractivity contribution in [1.29, 1.82) is 0 Å². The number of hydrogen-bond donors (Lipinski definition) is 0. The third-order valence-electron chi connectivity index (χ3n) is 5.41. The van der Waals surface area contributed by atoms with Crippen molar-refractivity contribution in [3.63, 3.8) is 0 Å². The van der Waals surface area contributed by atoms with Crippen LogP contribution < -0.4 is 4.74 Å². The summed E-state index contributed by atoms with van der Waals surface area (Å²) in [7, 11) is 1.60. The van der Waals surface area contributed by atoms with Crippen LogP contribution in [0.1, 0.15) is 38.3 Å². The van der Waals surface area contributed by atoms with Crippen LogP contribution in [-0.2, 0) is 20.9 Å². The van der Waals surface area contributed by atoms with Gasteiger partial charge in [-0.25, -0.2) is 0 Å². The first-order valence-corrected chi connectivity index (χ1v) is 11.1. The Bertz CT molecular complexity index is 952. The molecule has 2 aromatic carbocycles. The maximum atomic E-state index is 13.5. The summed E-state index contributed by atoms with van der Waals surface area (Å²) >= 11 is 0. The fourth-order valence-corrected chi connectivity index (χ4v) is 3.77. The lowest BCUT2D eigenvalue weighted by atomic mass is 10.0. The molecular formula is C26H32N2O4. The maximum Gasteiger partial charge on any atom is 0.277 e. The number of amides is 2. The van der Waals surface area contributed by atoms with Gasteiger partial charge in [0.1, 0.15) is 11.4 Å². The van der Waals surface area contributed by atoms with E-state index in [0.29, 0.717) is 55.2 Å². The molecule has 0 saturated carbocycles. The summed E-state index contributed by atoms with van der Waals surface area (Å²) in [4.78, 5) is 30.3. The number of likely N-dealkylation sites (N-methyl/N-ethyl adjacent to an activating group) is 1. The van der Waals surface area contributed by atoms with Crippen molar-refractivity contribution in [1.82, 2.24) is 9.80 Å². The minimum atomic E-state index is -0.258. The van der Waals surface area contributed by atoms with Crippen LogP contribution in [0.2, 0.25) is 0 Å². The number of imide groups is 1. The number of benzene rings is 2. The molecule has 2 amide bonds. The molecular weight excluding hydrogens is 404 g/mol. The molecule has 170 valence electrons. The summed E-state index contributed by atoms with van der Waals surface area (Å²) in [5, 5.41) is 0. The van der Waals surface area contributed by atoms with Crippen LogP contribution in [0.25, 0.3) is 5.57 Å². The lowest BCUT2D eigenvalue weighted by Gasteiger charge is -2.25. The minimum Gasteiger partial charge on any atom is -0.497 e. The lowest BCUT2D eigenvalue weighted by Crippen LogP contribution is -2.36. The van der Waals surface area contributed by atoms with Gasteiger partial charge < -0.3 is 14.4 Å². The zero-order valence-electron chi connectivity index (χ0n) is 19.3. The van der Waals surface area contributed by atoms with E-state index in [1.54, 1.807) is 7.11 Å². The molecule has 0 bridgehead atoms. The molecule has 32 heavy (non-hydrogen) atoms. The molecule has 0 unspecified atom stereocenters. The number of nitrogens with zero attached hydrogens (tertiary/aromatic N) is 2. The van der Waals surface area contributed by atoms with E-state index in [1.165, 1.54) is 4.90 Å². The van der Waals surface area contributed by atoms with Crippen molar-refractivity contribution in [2.45, 2.75) is 39.8 Å². The fourth-order valence-electron chi connectivity index (χ4n) is 3.77. The van der Waals surface area contributed by atoms with Gasteiger partial charge in [0.05, 0.1) is 18.8 Å². The van der Waals surface area contributed by atoms with E-state index in [9.17, 15) is 9.59 Å². The molecule has 1 aliphatic rings. The predicted molar refractivity (Wildman–Crippen MR) is 125 cm³/mol. The third-order valence-corrected chi connectivity index (χ3v) is 5.41. The van der Waals surface area contributed by atoms with Gasteiger partial charge in [-0.05, 0) is 50.5 Å². The minimum absolute atomic E-state index is 0.116. The summed E-state index contributed by atoms with van der Waals surface area (Å²) in [6, 6.07) is 17.3. The van der Waals surface area contributed by atoms with Gasteiger partial charge in [0.2, 0.25) is 0 Å². The molecule has 1 aliphatic heterocycles. The van der Waals surface area contributed by atoms with Gasteiger partial charge in [-0.1, -0.05) is 42.5 Å². The zero-order valence-corrected chi connectivity index (χ0v) is 19.3. The van der Waals surface area contributed by atoms with Crippen LogP contribution in [0.3, 0.4) is 0 Å². The molecule has 3 rings (SSSR count). The van der Waals surface area contributed by atoms with Crippen LogP contribution in [0.5, 0.6) is 5.75 Å². The summed E-state index contributed by atoms with van der Waals surface area (Å²) < 4.78 is 10.9. The summed E-state index contributed by atoms with van der Waals surface area (Å²) in [5.41, 5.74) is 2.70. The van der Waals surface area contributed by atoms with Gasteiger partial charge in [-0.15, -0.1) is 0 Å². The van der Waals surface area contributed by atoms with Gasteiger partial charge in [0.25, 0.3) is 11.8 Å². The smallest absolute Gasteiger partial charge is 0.277 e. The van der Waals surface area contributed by atoms with E-state index in [-0.39, 0.29) is 17.9 Å². The average molecular weight is 437 g/mol. The second-order valence-corrected chi connectivity index (χ2v) is 7.99. The van der Waals surface area contributed by atoms with Gasteiger partial charge in [-0.3, -0.25) is 14.5 Å². The number of methoxy groups -OCH3 is 1. The molecule has 0 fully saturated rings. The van der Waals surface area contributed by atoms with Crippen molar-refractivity contribution in [2.24, 2.45) is 0 Å². The second-order valence-electron chi connectivity index (χ2n) is 7.99. The molecule has 6 heteroatoms. The van der Waals surface area contributed by atoms with E-state index in [1.807, 2.05) is 80.3 Å². The first-order chi connectivity index (χ1) is 15.5. The zero-order chi connectivity index (χ0) is 23.1. The highest BCUT2D eigenvalue weighted by Crippen LogP contribution is 2.33. The number of carbonyl (C=O) groups is 2. The standard InChI is InChI=1S/C26H32N2O4/c1-5-27(18-20-10-7-6-8-11-20)24-23(21-12-14-22(31-4)15-13-21)25(29)28(26(24)30)16-9-17-32-19(2)3/h6-8,10-15,19H,5,9,16-18H2,1-4H3. The molecule has 0 atom stereocenters. The molecule has 0 spiro atoms. The quantitative estimate of drug-likeness (QED) is 0.392. The number of ether oxygens (including phenoxy) is 2. The number of carbonyl (C=O) groups excluding carboxylic acids is 2. The van der Waals surface area contributed by atoms with Crippen molar-refractivity contribution in [3.8, 4) is 5.75 Å². The number of rotatable bonds is 11.